The Kier molecular flexibility index (Phi) is 9.67. The van der Waals surface area contributed by atoms with Crippen LogP contribution in [0.5, 0.6) is 0 Å². The highest BCUT2D eigenvalue weighted by Crippen LogP contribution is 1.93. The van der Waals surface area contributed by atoms with Crippen molar-refractivity contribution in [2.24, 2.45) is 0 Å². The maximum Gasteiger partial charge on any atom is 0.326 e. The van der Waals surface area contributed by atoms with Crippen LogP contribution in [0.1, 0.15) is 26.2 Å². The lowest BCUT2D eigenvalue weighted by Crippen LogP contribution is -2.46. The van der Waals surface area contributed by atoms with E-state index in [0.717, 1.165) is 6.42 Å². The van der Waals surface area contributed by atoms with Gasteiger partial charge in [0.25, 0.3) is 0 Å². The first kappa shape index (κ1) is 16.4. The fraction of sp³-hybridized carbons (Fsp3) is 0.667. The van der Waals surface area contributed by atoms with Crippen molar-refractivity contribution in [2.45, 2.75) is 32.2 Å². The number of carbonyl (C=O) groups excluding carboxylic acids is 1. The highest BCUT2D eigenvalue weighted by molar-refractivity contribution is 5.82. The number of nitrogens with one attached hydrogen (secondary N) is 2. The van der Waals surface area contributed by atoms with Crippen LogP contribution in [-0.2, 0) is 9.53 Å². The minimum absolute atomic E-state index is 0.197. The van der Waals surface area contributed by atoms with Gasteiger partial charge in [0, 0.05) is 19.8 Å². The molecular weight excluding hydrogens is 236 g/mol. The highest BCUT2D eigenvalue weighted by Gasteiger charge is 2.17. The third-order valence-electron chi connectivity index (χ3n) is 2.11. The zero-order valence-corrected chi connectivity index (χ0v) is 10.8. The molecule has 3 N–H and O–H groups in total. The van der Waals surface area contributed by atoms with Gasteiger partial charge in [-0.25, -0.2) is 9.59 Å². The second-order valence-electron chi connectivity index (χ2n) is 3.78. The normalized spacial score (nSPS) is 11.6. The fourth-order valence-corrected chi connectivity index (χ4v) is 1.22. The second kappa shape index (κ2) is 10.6. The zero-order valence-electron chi connectivity index (χ0n) is 10.8. The number of hydrogen-bond donors (Lipinski definition) is 3. The first-order valence-electron chi connectivity index (χ1n) is 6.07. The number of carboxylic acids is 1. The smallest absolute Gasteiger partial charge is 0.326 e. The van der Waals surface area contributed by atoms with Crippen molar-refractivity contribution in [3.8, 4) is 0 Å². The van der Waals surface area contributed by atoms with Crippen molar-refractivity contribution < 1.29 is 19.4 Å². The van der Waals surface area contributed by atoms with Crippen LogP contribution in [0.4, 0.5) is 4.79 Å². The summed E-state index contributed by atoms with van der Waals surface area (Å²) in [7, 11) is 0. The van der Waals surface area contributed by atoms with Crippen molar-refractivity contribution in [2.75, 3.05) is 19.8 Å². The number of amides is 2. The number of hydrogen-bond acceptors (Lipinski definition) is 3. The summed E-state index contributed by atoms with van der Waals surface area (Å²) in [5, 5.41) is 13.7. The van der Waals surface area contributed by atoms with Crippen molar-refractivity contribution >= 4 is 12.0 Å². The summed E-state index contributed by atoms with van der Waals surface area (Å²) in [5.41, 5.74) is 0. The molecule has 0 saturated carbocycles. The molecule has 0 spiro atoms. The SMILES string of the molecule is C=CCC(NC(=O)NCCCOCCC)C(=O)O. The van der Waals surface area contributed by atoms with Gasteiger partial charge in [0.1, 0.15) is 6.04 Å². The highest BCUT2D eigenvalue weighted by atomic mass is 16.5. The predicted molar refractivity (Wildman–Crippen MR) is 68.5 cm³/mol. The lowest BCUT2D eigenvalue weighted by molar-refractivity contribution is -0.139. The molecule has 0 aromatic heterocycles. The Labute approximate surface area is 107 Å². The molecule has 0 aliphatic heterocycles. The molecule has 18 heavy (non-hydrogen) atoms. The van der Waals surface area contributed by atoms with Crippen LogP contribution in [0.25, 0.3) is 0 Å². The monoisotopic (exact) mass is 258 g/mol. The first-order valence-corrected chi connectivity index (χ1v) is 6.07. The Morgan fingerprint density at radius 1 is 1.44 bits per heavy atom. The molecule has 104 valence electrons. The third-order valence-corrected chi connectivity index (χ3v) is 2.11. The summed E-state index contributed by atoms with van der Waals surface area (Å²) in [6.07, 6.45) is 3.32. The lowest BCUT2D eigenvalue weighted by atomic mass is 10.2. The molecule has 1 atom stereocenters. The number of carboxylic acid groups (broad SMARTS) is 1. The standard InChI is InChI=1S/C12H22N2O4/c1-3-6-10(11(15)16)14-12(17)13-7-5-9-18-8-4-2/h3,10H,1,4-9H2,2H3,(H,15,16)(H2,13,14,17). The zero-order chi connectivity index (χ0) is 13.8. The Bertz CT molecular complexity index is 269. The molecule has 0 aliphatic rings. The minimum atomic E-state index is -1.07. The largest absolute Gasteiger partial charge is 0.480 e. The molecule has 0 rings (SSSR count). The Morgan fingerprint density at radius 2 is 2.17 bits per heavy atom. The molecule has 0 fully saturated rings. The Balaban J connectivity index is 3.68. The predicted octanol–water partition coefficient (Wildman–Crippen LogP) is 1.13. The van der Waals surface area contributed by atoms with Gasteiger partial charge in [0.05, 0.1) is 0 Å². The van der Waals surface area contributed by atoms with E-state index in [1.165, 1.54) is 6.08 Å². The molecule has 0 aromatic carbocycles. The van der Waals surface area contributed by atoms with Crippen LogP contribution < -0.4 is 10.6 Å². The quantitative estimate of drug-likeness (QED) is 0.405. The number of carbonyl (C=O) groups is 2. The van der Waals surface area contributed by atoms with E-state index in [0.29, 0.717) is 26.2 Å². The average Bonchev–Trinajstić information content (AvgIpc) is 2.33. The van der Waals surface area contributed by atoms with Crippen molar-refractivity contribution in [3.63, 3.8) is 0 Å². The van der Waals surface area contributed by atoms with Crippen molar-refractivity contribution in [3.05, 3.63) is 12.7 Å². The van der Waals surface area contributed by atoms with Gasteiger partial charge in [-0.05, 0) is 19.3 Å². The Morgan fingerprint density at radius 3 is 2.72 bits per heavy atom. The van der Waals surface area contributed by atoms with Gasteiger partial charge in [-0.3, -0.25) is 0 Å². The van der Waals surface area contributed by atoms with E-state index in [1.807, 2.05) is 6.92 Å². The molecule has 1 unspecified atom stereocenters. The molecule has 0 bridgehead atoms. The molecule has 2 amide bonds. The van der Waals surface area contributed by atoms with E-state index in [1.54, 1.807) is 0 Å². The molecule has 0 aromatic rings. The number of urea groups is 1. The van der Waals surface area contributed by atoms with Crippen LogP contribution in [0.3, 0.4) is 0 Å². The summed E-state index contributed by atoms with van der Waals surface area (Å²) < 4.78 is 5.24. The van der Waals surface area contributed by atoms with Gasteiger partial charge in [0.2, 0.25) is 0 Å². The van der Waals surface area contributed by atoms with Crippen molar-refractivity contribution in [1.29, 1.82) is 0 Å². The minimum Gasteiger partial charge on any atom is -0.480 e. The fourth-order valence-electron chi connectivity index (χ4n) is 1.22. The summed E-state index contributed by atoms with van der Waals surface area (Å²) in [6.45, 7) is 7.22. The average molecular weight is 258 g/mol. The van der Waals surface area contributed by atoms with Gasteiger partial charge in [-0.2, -0.15) is 0 Å². The van der Waals surface area contributed by atoms with E-state index >= 15 is 0 Å². The number of ether oxygens (including phenoxy) is 1. The number of aliphatic carboxylic acids is 1. The molecule has 0 radical (unpaired) electrons. The van der Waals surface area contributed by atoms with E-state index in [-0.39, 0.29) is 6.42 Å². The molecule has 0 aliphatic carbocycles. The maximum atomic E-state index is 11.4. The second-order valence-corrected chi connectivity index (χ2v) is 3.78. The van der Waals surface area contributed by atoms with Gasteiger partial charge in [0.15, 0.2) is 0 Å². The topological polar surface area (TPSA) is 87.7 Å². The van der Waals surface area contributed by atoms with Crippen LogP contribution >= 0.6 is 0 Å². The van der Waals surface area contributed by atoms with Gasteiger partial charge in [-0.1, -0.05) is 13.0 Å². The molecule has 6 heteroatoms. The Hall–Kier alpha value is -1.56. The number of rotatable bonds is 10. The van der Waals surface area contributed by atoms with E-state index in [9.17, 15) is 9.59 Å². The van der Waals surface area contributed by atoms with Gasteiger partial charge in [-0.15, -0.1) is 6.58 Å². The summed E-state index contributed by atoms with van der Waals surface area (Å²) in [6, 6.07) is -1.42. The molecule has 0 saturated heterocycles. The van der Waals surface area contributed by atoms with Crippen LogP contribution in [-0.4, -0.2) is 42.9 Å². The van der Waals surface area contributed by atoms with Gasteiger partial charge < -0.3 is 20.5 Å². The third kappa shape index (κ3) is 8.58. The lowest BCUT2D eigenvalue weighted by Gasteiger charge is -2.13. The van der Waals surface area contributed by atoms with Crippen LogP contribution in [0, 0.1) is 0 Å². The molecule has 0 heterocycles. The molecular formula is C12H22N2O4. The van der Waals surface area contributed by atoms with E-state index < -0.39 is 18.0 Å². The van der Waals surface area contributed by atoms with E-state index in [2.05, 4.69) is 17.2 Å². The maximum absolute atomic E-state index is 11.4. The first-order chi connectivity index (χ1) is 8.61. The van der Waals surface area contributed by atoms with Gasteiger partial charge >= 0.3 is 12.0 Å². The van der Waals surface area contributed by atoms with Crippen LogP contribution in [0.15, 0.2) is 12.7 Å². The summed E-state index contributed by atoms with van der Waals surface area (Å²) in [4.78, 5) is 22.1. The van der Waals surface area contributed by atoms with Crippen LogP contribution in [0.2, 0.25) is 0 Å². The van der Waals surface area contributed by atoms with E-state index in [4.69, 9.17) is 9.84 Å². The summed E-state index contributed by atoms with van der Waals surface area (Å²) in [5.74, 6) is -1.07. The molecule has 6 nitrogen and oxygen atoms in total. The summed E-state index contributed by atoms with van der Waals surface area (Å²) >= 11 is 0. The van der Waals surface area contributed by atoms with Crippen molar-refractivity contribution in [1.82, 2.24) is 10.6 Å².